The second-order valence-corrected chi connectivity index (χ2v) is 13.5. The number of pyridine rings is 1. The van der Waals surface area contributed by atoms with Crippen molar-refractivity contribution in [1.82, 2.24) is 24.2 Å². The molecule has 1 amide bonds. The van der Waals surface area contributed by atoms with Gasteiger partial charge in [-0.25, -0.2) is 27.7 Å². The van der Waals surface area contributed by atoms with Gasteiger partial charge in [0.05, 0.1) is 24.1 Å². The number of benzene rings is 1. The van der Waals surface area contributed by atoms with Crippen molar-refractivity contribution in [3.8, 4) is 5.75 Å². The fraction of sp³-hybridized carbons (Fsp3) is 0.467. The van der Waals surface area contributed by atoms with Crippen LogP contribution in [-0.4, -0.2) is 64.0 Å². The van der Waals surface area contributed by atoms with Crippen LogP contribution in [0.15, 0.2) is 42.7 Å². The van der Waals surface area contributed by atoms with E-state index in [4.69, 9.17) is 10.5 Å². The van der Waals surface area contributed by atoms with Crippen LogP contribution in [0.2, 0.25) is 0 Å². The van der Waals surface area contributed by atoms with Gasteiger partial charge in [-0.3, -0.25) is 4.79 Å². The number of nitrogens with two attached hydrogens (primary N) is 1. The number of sulfonamides is 1. The molecule has 216 valence electrons. The first kappa shape index (κ1) is 27.6. The number of aryl methyl sites for hydroxylation is 1. The summed E-state index contributed by atoms with van der Waals surface area (Å²) >= 11 is 0. The largest absolute Gasteiger partial charge is 0.493 e. The molecule has 1 aliphatic carbocycles. The number of rotatable bonds is 8. The Balaban J connectivity index is 1.06. The monoisotopic (exact) mass is 576 g/mol. The Labute approximate surface area is 239 Å². The normalized spacial score (nSPS) is 22.2. The van der Waals surface area contributed by atoms with Crippen molar-refractivity contribution >= 4 is 37.9 Å². The van der Waals surface area contributed by atoms with Crippen molar-refractivity contribution in [1.29, 1.82) is 0 Å². The van der Waals surface area contributed by atoms with Crippen molar-refractivity contribution in [2.75, 3.05) is 25.4 Å². The van der Waals surface area contributed by atoms with Crippen LogP contribution in [-0.2, 0) is 10.0 Å². The molecule has 41 heavy (non-hydrogen) atoms. The molecule has 1 aromatic carbocycles. The zero-order valence-corrected chi connectivity index (χ0v) is 24.1. The average molecular weight is 577 g/mol. The van der Waals surface area contributed by atoms with E-state index in [9.17, 15) is 13.2 Å². The van der Waals surface area contributed by atoms with Gasteiger partial charge >= 0.3 is 0 Å². The van der Waals surface area contributed by atoms with Crippen molar-refractivity contribution in [3.05, 3.63) is 59.8 Å². The van der Waals surface area contributed by atoms with Crippen LogP contribution in [0.3, 0.4) is 0 Å². The van der Waals surface area contributed by atoms with E-state index >= 15 is 0 Å². The molecular formula is C30H36N6O4S. The van der Waals surface area contributed by atoms with Crippen LogP contribution in [0.4, 0.5) is 0 Å². The predicted octanol–water partition coefficient (Wildman–Crippen LogP) is 4.31. The average Bonchev–Trinajstić information content (AvgIpc) is 3.45. The van der Waals surface area contributed by atoms with Crippen molar-refractivity contribution < 1.29 is 17.9 Å². The van der Waals surface area contributed by atoms with Crippen LogP contribution >= 0.6 is 0 Å². The van der Waals surface area contributed by atoms with E-state index < -0.39 is 15.9 Å². The van der Waals surface area contributed by atoms with Gasteiger partial charge in [0.2, 0.25) is 15.9 Å². The molecule has 1 aliphatic heterocycles. The lowest BCUT2D eigenvalue weighted by Crippen LogP contribution is -2.43. The molecule has 1 saturated carbocycles. The number of aromatic amines is 1. The highest BCUT2D eigenvalue weighted by Gasteiger charge is 2.33. The second kappa shape index (κ2) is 11.4. The summed E-state index contributed by atoms with van der Waals surface area (Å²) in [7, 11) is -3.37. The number of nitrogens with zero attached hydrogens (tertiary/aromatic N) is 4. The number of fused-ring (bicyclic) bond motifs is 3. The molecule has 0 spiro atoms. The second-order valence-electron chi connectivity index (χ2n) is 11.5. The van der Waals surface area contributed by atoms with Gasteiger partial charge in [-0.2, -0.15) is 0 Å². The van der Waals surface area contributed by atoms with E-state index in [2.05, 4.69) is 19.9 Å². The van der Waals surface area contributed by atoms with Crippen LogP contribution in [0.5, 0.6) is 5.75 Å². The van der Waals surface area contributed by atoms with Crippen molar-refractivity contribution in [2.24, 2.45) is 17.6 Å². The standard InChI is InChI=1S/C30H36N6O4S/c1-19-34-26-15-33-30-25(12-13-32-30)27(26)28(35-19)22-6-4-20(5-7-22)18-41(38,39)36-14-2-3-21(16-36)17-40-24-10-8-23(9-11-24)29(31)37/h8-13,15,20-22H,2-7,14,16-18H2,1H3,(H2,31,37)(H,34,35). The number of H-pyrrole nitrogens is 1. The highest BCUT2D eigenvalue weighted by atomic mass is 32.2. The molecule has 11 heteroatoms. The lowest BCUT2D eigenvalue weighted by Gasteiger charge is -2.34. The summed E-state index contributed by atoms with van der Waals surface area (Å²) in [4.78, 5) is 28.3. The Morgan fingerprint density at radius 1 is 1.07 bits per heavy atom. The number of primary amides is 1. The molecule has 2 fully saturated rings. The van der Waals surface area contributed by atoms with Crippen LogP contribution < -0.4 is 10.5 Å². The molecule has 1 saturated heterocycles. The first-order valence-electron chi connectivity index (χ1n) is 14.4. The van der Waals surface area contributed by atoms with Gasteiger partial charge in [-0.05, 0) is 87.6 Å². The third-order valence-corrected chi connectivity index (χ3v) is 10.6. The minimum atomic E-state index is -3.37. The van der Waals surface area contributed by atoms with E-state index in [0.29, 0.717) is 36.9 Å². The van der Waals surface area contributed by atoms with Crippen molar-refractivity contribution in [3.63, 3.8) is 0 Å². The number of hydrogen-bond acceptors (Lipinski definition) is 7. The first-order chi connectivity index (χ1) is 19.8. The summed E-state index contributed by atoms with van der Waals surface area (Å²) in [5, 5.41) is 2.09. The number of piperidine rings is 1. The van der Waals surface area contributed by atoms with Crippen molar-refractivity contribution in [2.45, 2.75) is 51.4 Å². The molecule has 6 rings (SSSR count). The SMILES string of the molecule is Cc1nc2cnc3nccc3c2c(C2CCC(CS(=O)(=O)N3CCCC(COc4ccc(C(N)=O)cc4)C3)CC2)[nH]1. The first-order valence-corrected chi connectivity index (χ1v) is 16.0. The molecule has 4 aromatic rings. The predicted molar refractivity (Wildman–Crippen MR) is 157 cm³/mol. The topological polar surface area (TPSA) is 144 Å². The summed E-state index contributed by atoms with van der Waals surface area (Å²) in [6.07, 6.45) is 8.92. The maximum absolute atomic E-state index is 13.5. The number of carbonyl (C=O) groups is 1. The van der Waals surface area contributed by atoms with Crippen LogP contribution in [0, 0.1) is 18.8 Å². The third kappa shape index (κ3) is 5.92. The summed E-state index contributed by atoms with van der Waals surface area (Å²) < 4.78 is 34.5. The van der Waals surface area contributed by atoms with E-state index in [1.54, 1.807) is 41.0 Å². The zero-order valence-electron chi connectivity index (χ0n) is 23.3. The zero-order chi connectivity index (χ0) is 28.6. The number of hydrogen-bond donors (Lipinski definition) is 2. The Kier molecular flexibility index (Phi) is 7.65. The molecule has 0 bridgehead atoms. The third-order valence-electron chi connectivity index (χ3n) is 8.59. The van der Waals surface area contributed by atoms with Gasteiger partial charge in [0.1, 0.15) is 11.6 Å². The van der Waals surface area contributed by atoms with Gasteiger partial charge in [-0.1, -0.05) is 0 Å². The number of amides is 1. The summed E-state index contributed by atoms with van der Waals surface area (Å²) in [6, 6.07) is 8.71. The minimum absolute atomic E-state index is 0.126. The number of ether oxygens (including phenoxy) is 1. The smallest absolute Gasteiger partial charge is 0.248 e. The maximum Gasteiger partial charge on any atom is 0.248 e. The number of aromatic nitrogens is 4. The molecule has 1 atom stereocenters. The molecule has 2 aliphatic rings. The number of nitrogens with one attached hydrogen (secondary N) is 1. The number of carbonyl (C=O) groups excluding carboxylic acids is 1. The Morgan fingerprint density at radius 3 is 2.61 bits per heavy atom. The lowest BCUT2D eigenvalue weighted by molar-refractivity contribution is 0.1000. The fourth-order valence-electron chi connectivity index (χ4n) is 6.46. The molecule has 1 unspecified atom stereocenters. The summed E-state index contributed by atoms with van der Waals surface area (Å²) in [6.45, 7) is 3.44. The van der Waals surface area contributed by atoms with Crippen LogP contribution in [0.25, 0.3) is 21.9 Å². The van der Waals surface area contributed by atoms with Gasteiger partial charge in [0.15, 0.2) is 5.65 Å². The quantitative estimate of drug-likeness (QED) is 0.318. The Hall–Kier alpha value is -3.57. The van der Waals surface area contributed by atoms with Gasteiger partial charge in [0.25, 0.3) is 0 Å². The van der Waals surface area contributed by atoms with Gasteiger partial charge in [-0.15, -0.1) is 0 Å². The van der Waals surface area contributed by atoms with Gasteiger partial charge < -0.3 is 15.5 Å². The fourth-order valence-corrected chi connectivity index (χ4v) is 8.44. The van der Waals surface area contributed by atoms with Crippen LogP contribution in [0.1, 0.15) is 66.3 Å². The molecule has 4 heterocycles. The molecule has 0 radical (unpaired) electrons. The summed E-state index contributed by atoms with van der Waals surface area (Å²) in [5.74, 6) is 1.80. The van der Waals surface area contributed by atoms with E-state index in [0.717, 1.165) is 72.0 Å². The molecular weight excluding hydrogens is 540 g/mol. The highest BCUT2D eigenvalue weighted by Crippen LogP contribution is 2.40. The van der Waals surface area contributed by atoms with Gasteiger partial charge in [0, 0.05) is 47.2 Å². The molecule has 3 aromatic heterocycles. The molecule has 10 nitrogen and oxygen atoms in total. The Morgan fingerprint density at radius 2 is 1.85 bits per heavy atom. The maximum atomic E-state index is 13.5. The van der Waals surface area contributed by atoms with E-state index in [-0.39, 0.29) is 17.6 Å². The van der Waals surface area contributed by atoms with E-state index in [1.807, 2.05) is 13.0 Å². The lowest BCUT2D eigenvalue weighted by atomic mass is 9.80. The minimum Gasteiger partial charge on any atom is -0.493 e. The highest BCUT2D eigenvalue weighted by molar-refractivity contribution is 7.89. The van der Waals surface area contributed by atoms with E-state index in [1.165, 1.54) is 0 Å². The Bertz CT molecular complexity index is 1660. The summed E-state index contributed by atoms with van der Waals surface area (Å²) in [5.41, 5.74) is 8.49. The molecule has 3 N–H and O–H groups in total.